The second-order valence-electron chi connectivity index (χ2n) is 4.27. The molecule has 0 radical (unpaired) electrons. The number of hydrogen-bond acceptors (Lipinski definition) is 4. The summed E-state index contributed by atoms with van der Waals surface area (Å²) in [5, 5.41) is 7.68. The van der Waals surface area contributed by atoms with E-state index >= 15 is 0 Å². The lowest BCUT2D eigenvalue weighted by Gasteiger charge is -2.10. The lowest BCUT2D eigenvalue weighted by molar-refractivity contribution is 0.0640. The Kier molecular flexibility index (Phi) is 2.85. The first-order valence-corrected chi connectivity index (χ1v) is 6.65. The molecule has 0 unspecified atom stereocenters. The quantitative estimate of drug-likeness (QED) is 0.591. The van der Waals surface area contributed by atoms with Crippen LogP contribution in [0.2, 0.25) is 0 Å². The monoisotopic (exact) mass is 368 g/mol. The average molecular weight is 368 g/mol. The topological polar surface area (TPSA) is 68.1 Å². The van der Waals surface area contributed by atoms with Gasteiger partial charge in [-0.05, 0) is 40.8 Å². The van der Waals surface area contributed by atoms with Crippen LogP contribution in [0.25, 0.3) is 0 Å². The van der Waals surface area contributed by atoms with Crippen molar-refractivity contribution < 1.29 is 9.59 Å². The summed E-state index contributed by atoms with van der Waals surface area (Å²) in [4.78, 5) is 25.6. The van der Waals surface area contributed by atoms with E-state index in [0.717, 1.165) is 3.57 Å². The smallest absolute Gasteiger partial charge is 0.261 e. The van der Waals surface area contributed by atoms with Crippen LogP contribution < -0.4 is 0 Å². The lowest BCUT2D eigenvalue weighted by atomic mass is 10.1. The third-order valence-electron chi connectivity index (χ3n) is 2.90. The first-order valence-electron chi connectivity index (χ1n) is 5.57. The minimum Gasteiger partial charge on any atom is -0.269 e. The van der Waals surface area contributed by atoms with E-state index in [-0.39, 0.29) is 18.4 Å². The number of rotatable bonds is 2. The normalized spacial score (nSPS) is 14.1. The van der Waals surface area contributed by atoms with Crippen molar-refractivity contribution in [3.05, 3.63) is 44.8 Å². The molecule has 2 amide bonds. The Bertz CT molecular complexity index is 695. The SMILES string of the molecule is Cn1cc(CN2C(=O)c3ccc(I)cc3C2=O)nn1. The highest BCUT2D eigenvalue weighted by atomic mass is 127. The first kappa shape index (κ1) is 12.3. The third-order valence-corrected chi connectivity index (χ3v) is 3.57. The van der Waals surface area contributed by atoms with Crippen molar-refractivity contribution in [1.29, 1.82) is 0 Å². The van der Waals surface area contributed by atoms with Crippen molar-refractivity contribution in [2.45, 2.75) is 6.54 Å². The minimum absolute atomic E-state index is 0.150. The van der Waals surface area contributed by atoms with Crippen LogP contribution in [0.3, 0.4) is 0 Å². The zero-order valence-corrected chi connectivity index (χ0v) is 12.2. The number of carbonyl (C=O) groups excluding carboxylic acids is 2. The molecule has 0 fully saturated rings. The van der Waals surface area contributed by atoms with E-state index in [1.165, 1.54) is 9.58 Å². The Hall–Kier alpha value is -1.77. The molecule has 0 bridgehead atoms. The van der Waals surface area contributed by atoms with Crippen LogP contribution in [0.4, 0.5) is 0 Å². The van der Waals surface area contributed by atoms with Gasteiger partial charge in [-0.25, -0.2) is 0 Å². The van der Waals surface area contributed by atoms with E-state index < -0.39 is 0 Å². The molecular weight excluding hydrogens is 359 g/mol. The van der Waals surface area contributed by atoms with E-state index in [1.54, 1.807) is 25.4 Å². The molecule has 1 aliphatic rings. The van der Waals surface area contributed by atoms with Crippen LogP contribution in [-0.2, 0) is 13.6 Å². The summed E-state index contributed by atoms with van der Waals surface area (Å²) >= 11 is 2.12. The zero-order valence-electron chi connectivity index (χ0n) is 10.00. The van der Waals surface area contributed by atoms with Gasteiger partial charge >= 0.3 is 0 Å². The van der Waals surface area contributed by atoms with Gasteiger partial charge < -0.3 is 0 Å². The Morgan fingerprint density at radius 1 is 1.21 bits per heavy atom. The second-order valence-corrected chi connectivity index (χ2v) is 5.52. The fourth-order valence-corrected chi connectivity index (χ4v) is 2.53. The molecule has 3 rings (SSSR count). The van der Waals surface area contributed by atoms with Crippen molar-refractivity contribution in [3.63, 3.8) is 0 Å². The van der Waals surface area contributed by atoms with Gasteiger partial charge in [0, 0.05) is 16.8 Å². The van der Waals surface area contributed by atoms with Gasteiger partial charge in [0.25, 0.3) is 11.8 Å². The highest BCUT2D eigenvalue weighted by Gasteiger charge is 2.35. The van der Waals surface area contributed by atoms with E-state index in [4.69, 9.17) is 0 Å². The van der Waals surface area contributed by atoms with Gasteiger partial charge in [-0.1, -0.05) is 5.21 Å². The highest BCUT2D eigenvalue weighted by molar-refractivity contribution is 14.1. The Labute approximate surface area is 122 Å². The van der Waals surface area contributed by atoms with E-state index in [9.17, 15) is 9.59 Å². The van der Waals surface area contributed by atoms with Crippen molar-refractivity contribution >= 4 is 34.4 Å². The van der Waals surface area contributed by atoms with Gasteiger partial charge in [-0.2, -0.15) is 0 Å². The highest BCUT2D eigenvalue weighted by Crippen LogP contribution is 2.25. The predicted octanol–water partition coefficient (Wildman–Crippen LogP) is 1.22. The van der Waals surface area contributed by atoms with Gasteiger partial charge in [-0.3, -0.25) is 19.2 Å². The number of amides is 2. The molecule has 2 aromatic rings. The molecule has 1 aliphatic heterocycles. The van der Waals surface area contributed by atoms with E-state index in [1.807, 2.05) is 6.07 Å². The van der Waals surface area contributed by atoms with Crippen LogP contribution in [-0.4, -0.2) is 31.7 Å². The molecule has 0 saturated carbocycles. The third kappa shape index (κ3) is 2.03. The maximum absolute atomic E-state index is 12.2. The number of imide groups is 1. The number of fused-ring (bicyclic) bond motifs is 1. The lowest BCUT2D eigenvalue weighted by Crippen LogP contribution is -2.29. The van der Waals surface area contributed by atoms with Gasteiger partial charge in [-0.15, -0.1) is 5.10 Å². The number of carbonyl (C=O) groups is 2. The number of aromatic nitrogens is 3. The molecule has 0 saturated heterocycles. The predicted molar refractivity (Wildman–Crippen MR) is 74.4 cm³/mol. The standard InChI is InChI=1S/C12H9IN4O2/c1-16-5-8(14-15-16)6-17-11(18)9-3-2-7(13)4-10(9)12(17)19/h2-5H,6H2,1H3. The van der Waals surface area contributed by atoms with Crippen molar-refractivity contribution in [3.8, 4) is 0 Å². The molecule has 19 heavy (non-hydrogen) atoms. The minimum atomic E-state index is -0.276. The molecule has 0 N–H and O–H groups in total. The summed E-state index contributed by atoms with van der Waals surface area (Å²) in [6.07, 6.45) is 1.69. The van der Waals surface area contributed by atoms with E-state index in [2.05, 4.69) is 32.9 Å². The average Bonchev–Trinajstić information content (AvgIpc) is 2.88. The summed E-state index contributed by atoms with van der Waals surface area (Å²) in [6, 6.07) is 5.23. The number of hydrogen-bond donors (Lipinski definition) is 0. The summed E-state index contributed by atoms with van der Waals surface area (Å²) in [7, 11) is 1.74. The van der Waals surface area contributed by atoms with Gasteiger partial charge in [0.1, 0.15) is 5.69 Å². The van der Waals surface area contributed by atoms with Crippen LogP contribution in [0.1, 0.15) is 26.4 Å². The van der Waals surface area contributed by atoms with Crippen LogP contribution in [0.5, 0.6) is 0 Å². The maximum Gasteiger partial charge on any atom is 0.261 e. The van der Waals surface area contributed by atoms with Gasteiger partial charge in [0.05, 0.1) is 17.7 Å². The fraction of sp³-hybridized carbons (Fsp3) is 0.167. The van der Waals surface area contributed by atoms with Gasteiger partial charge in [0.15, 0.2) is 0 Å². The Morgan fingerprint density at radius 3 is 2.63 bits per heavy atom. The number of nitrogens with zero attached hydrogens (tertiary/aromatic N) is 4. The molecule has 1 aromatic carbocycles. The molecule has 6 nitrogen and oxygen atoms in total. The van der Waals surface area contributed by atoms with Crippen molar-refractivity contribution in [2.24, 2.45) is 7.05 Å². The van der Waals surface area contributed by atoms with Gasteiger partial charge in [0.2, 0.25) is 0 Å². The second kappa shape index (κ2) is 4.41. The fourth-order valence-electron chi connectivity index (χ4n) is 2.04. The van der Waals surface area contributed by atoms with Crippen molar-refractivity contribution in [1.82, 2.24) is 19.9 Å². The molecule has 0 spiro atoms. The number of aryl methyl sites for hydroxylation is 1. The first-order chi connectivity index (χ1) is 9.06. The zero-order chi connectivity index (χ0) is 13.6. The summed E-state index contributed by atoms with van der Waals surface area (Å²) < 4.78 is 2.47. The Morgan fingerprint density at radius 2 is 1.95 bits per heavy atom. The largest absolute Gasteiger partial charge is 0.269 e. The summed E-state index contributed by atoms with van der Waals surface area (Å²) in [5.41, 5.74) is 1.50. The molecule has 96 valence electrons. The molecule has 2 heterocycles. The number of halogens is 1. The van der Waals surface area contributed by atoms with E-state index in [0.29, 0.717) is 16.8 Å². The molecule has 0 aliphatic carbocycles. The summed E-state index contributed by atoms with van der Waals surface area (Å²) in [6.45, 7) is 0.150. The maximum atomic E-state index is 12.2. The number of benzene rings is 1. The Balaban J connectivity index is 1.94. The van der Waals surface area contributed by atoms with Crippen molar-refractivity contribution in [2.75, 3.05) is 0 Å². The van der Waals surface area contributed by atoms with Crippen LogP contribution >= 0.6 is 22.6 Å². The molecule has 7 heteroatoms. The molecule has 0 atom stereocenters. The molecule has 1 aromatic heterocycles. The molecular formula is C12H9IN4O2. The summed E-state index contributed by atoms with van der Waals surface area (Å²) in [5.74, 6) is -0.550. The van der Waals surface area contributed by atoms with Crippen LogP contribution in [0, 0.1) is 3.57 Å². The van der Waals surface area contributed by atoms with Crippen LogP contribution in [0.15, 0.2) is 24.4 Å².